The topological polar surface area (TPSA) is 39.1 Å². The molecule has 90 valence electrons. The van der Waals surface area contributed by atoms with E-state index in [-0.39, 0.29) is 6.17 Å². The van der Waals surface area contributed by atoms with Crippen LogP contribution in [-0.2, 0) is 0 Å². The Labute approximate surface area is 105 Å². The SMILES string of the molecule is CNC(C)n1cc(Oc2ccc(Cl)cc2)cn1. The van der Waals surface area contributed by atoms with Crippen molar-refractivity contribution in [1.29, 1.82) is 0 Å². The summed E-state index contributed by atoms with van der Waals surface area (Å²) in [5.41, 5.74) is 0. The Hall–Kier alpha value is -1.52. The number of benzene rings is 1. The molecule has 2 aromatic rings. The van der Waals surface area contributed by atoms with Gasteiger partial charge in [-0.15, -0.1) is 0 Å². The minimum absolute atomic E-state index is 0.137. The maximum absolute atomic E-state index is 5.80. The Kier molecular flexibility index (Phi) is 3.66. The zero-order valence-corrected chi connectivity index (χ0v) is 10.5. The lowest BCUT2D eigenvalue weighted by atomic mass is 10.3. The number of aromatic nitrogens is 2. The molecule has 0 aliphatic heterocycles. The summed E-state index contributed by atoms with van der Waals surface area (Å²) in [4.78, 5) is 0. The second-order valence-electron chi connectivity index (χ2n) is 3.68. The fourth-order valence-electron chi connectivity index (χ4n) is 1.36. The number of nitrogens with zero attached hydrogens (tertiary/aromatic N) is 2. The summed E-state index contributed by atoms with van der Waals surface area (Å²) < 4.78 is 7.44. The van der Waals surface area contributed by atoms with Gasteiger partial charge in [0.1, 0.15) is 5.75 Å². The van der Waals surface area contributed by atoms with Crippen LogP contribution in [0.3, 0.4) is 0 Å². The van der Waals surface area contributed by atoms with Crippen LogP contribution in [0.15, 0.2) is 36.7 Å². The van der Waals surface area contributed by atoms with Crippen LogP contribution >= 0.6 is 11.6 Å². The van der Waals surface area contributed by atoms with Gasteiger partial charge in [0.05, 0.1) is 18.6 Å². The molecule has 1 unspecified atom stereocenters. The molecule has 0 saturated carbocycles. The normalized spacial score (nSPS) is 12.4. The van der Waals surface area contributed by atoms with Gasteiger partial charge in [0.25, 0.3) is 0 Å². The van der Waals surface area contributed by atoms with Crippen molar-refractivity contribution in [3.05, 3.63) is 41.7 Å². The van der Waals surface area contributed by atoms with Gasteiger partial charge in [0, 0.05) is 5.02 Å². The van der Waals surface area contributed by atoms with E-state index in [1.807, 2.05) is 32.3 Å². The summed E-state index contributed by atoms with van der Waals surface area (Å²) in [6.07, 6.45) is 3.66. The van der Waals surface area contributed by atoms with Crippen LogP contribution in [0, 0.1) is 0 Å². The van der Waals surface area contributed by atoms with E-state index in [2.05, 4.69) is 10.4 Å². The molecule has 1 heterocycles. The smallest absolute Gasteiger partial charge is 0.165 e. The van der Waals surface area contributed by atoms with Gasteiger partial charge < -0.3 is 4.74 Å². The Morgan fingerprint density at radius 2 is 2.00 bits per heavy atom. The number of ether oxygens (including phenoxy) is 1. The lowest BCUT2D eigenvalue weighted by Gasteiger charge is -2.09. The molecule has 0 aliphatic carbocycles. The van der Waals surface area contributed by atoms with E-state index in [0.717, 1.165) is 5.75 Å². The van der Waals surface area contributed by atoms with E-state index in [9.17, 15) is 0 Å². The monoisotopic (exact) mass is 251 g/mol. The van der Waals surface area contributed by atoms with Gasteiger partial charge >= 0.3 is 0 Å². The second kappa shape index (κ2) is 5.21. The summed E-state index contributed by atoms with van der Waals surface area (Å²) in [6.45, 7) is 2.01. The first-order valence-electron chi connectivity index (χ1n) is 5.34. The second-order valence-corrected chi connectivity index (χ2v) is 4.11. The van der Waals surface area contributed by atoms with Crippen molar-refractivity contribution in [2.24, 2.45) is 0 Å². The summed E-state index contributed by atoms with van der Waals surface area (Å²) in [7, 11) is 1.88. The number of rotatable bonds is 4. The number of nitrogens with one attached hydrogen (secondary N) is 1. The van der Waals surface area contributed by atoms with Gasteiger partial charge in [-0.3, -0.25) is 10.00 Å². The van der Waals surface area contributed by atoms with Crippen molar-refractivity contribution < 1.29 is 4.74 Å². The van der Waals surface area contributed by atoms with Gasteiger partial charge in [-0.25, -0.2) is 0 Å². The van der Waals surface area contributed by atoms with Crippen LogP contribution < -0.4 is 10.1 Å². The van der Waals surface area contributed by atoms with Gasteiger partial charge in [0.2, 0.25) is 0 Å². The van der Waals surface area contributed by atoms with Crippen LogP contribution in [-0.4, -0.2) is 16.8 Å². The largest absolute Gasteiger partial charge is 0.454 e. The third kappa shape index (κ3) is 2.99. The van der Waals surface area contributed by atoms with E-state index in [1.165, 1.54) is 0 Å². The van der Waals surface area contributed by atoms with Gasteiger partial charge in [-0.05, 0) is 38.2 Å². The third-order valence-electron chi connectivity index (χ3n) is 2.44. The van der Waals surface area contributed by atoms with E-state index >= 15 is 0 Å². The molecule has 1 atom stereocenters. The molecule has 0 amide bonds. The molecule has 5 heteroatoms. The van der Waals surface area contributed by atoms with Crippen molar-refractivity contribution in [2.75, 3.05) is 7.05 Å². The number of hydrogen-bond acceptors (Lipinski definition) is 3. The molecule has 17 heavy (non-hydrogen) atoms. The summed E-state index contributed by atoms with van der Waals surface area (Å²) in [5.74, 6) is 1.44. The Morgan fingerprint density at radius 3 is 2.65 bits per heavy atom. The van der Waals surface area contributed by atoms with E-state index in [4.69, 9.17) is 16.3 Å². The summed E-state index contributed by atoms with van der Waals surface area (Å²) in [6, 6.07) is 7.22. The van der Waals surface area contributed by atoms with Crippen LogP contribution in [0.1, 0.15) is 13.1 Å². The van der Waals surface area contributed by atoms with Crippen molar-refractivity contribution in [3.8, 4) is 11.5 Å². The zero-order chi connectivity index (χ0) is 12.3. The number of hydrogen-bond donors (Lipinski definition) is 1. The summed E-state index contributed by atoms with van der Waals surface area (Å²) in [5, 5.41) is 7.99. The average molecular weight is 252 g/mol. The van der Waals surface area contributed by atoms with Crippen LogP contribution in [0.2, 0.25) is 5.02 Å². The highest BCUT2D eigenvalue weighted by Gasteiger charge is 2.05. The van der Waals surface area contributed by atoms with E-state index in [1.54, 1.807) is 23.0 Å². The molecule has 0 spiro atoms. The molecule has 0 bridgehead atoms. The molecular weight excluding hydrogens is 238 g/mol. The first kappa shape index (κ1) is 12.0. The Bertz CT molecular complexity index is 481. The maximum atomic E-state index is 5.80. The molecule has 1 aromatic carbocycles. The Balaban J connectivity index is 2.08. The van der Waals surface area contributed by atoms with Crippen molar-refractivity contribution in [3.63, 3.8) is 0 Å². The van der Waals surface area contributed by atoms with E-state index in [0.29, 0.717) is 10.8 Å². The first-order chi connectivity index (χ1) is 8.19. The highest BCUT2D eigenvalue weighted by molar-refractivity contribution is 6.30. The van der Waals surface area contributed by atoms with Crippen LogP contribution in [0.25, 0.3) is 0 Å². The van der Waals surface area contributed by atoms with Crippen molar-refractivity contribution in [1.82, 2.24) is 15.1 Å². The highest BCUT2D eigenvalue weighted by atomic mass is 35.5. The minimum atomic E-state index is 0.137. The van der Waals surface area contributed by atoms with Gasteiger partial charge in [-0.2, -0.15) is 5.10 Å². The quantitative estimate of drug-likeness (QED) is 0.908. The maximum Gasteiger partial charge on any atom is 0.165 e. The lowest BCUT2D eigenvalue weighted by Crippen LogP contribution is -2.19. The van der Waals surface area contributed by atoms with Crippen molar-refractivity contribution >= 4 is 11.6 Å². The first-order valence-corrected chi connectivity index (χ1v) is 5.71. The fourth-order valence-corrected chi connectivity index (χ4v) is 1.48. The predicted octanol–water partition coefficient (Wildman–Crippen LogP) is 3.07. The van der Waals surface area contributed by atoms with Crippen molar-refractivity contribution in [2.45, 2.75) is 13.1 Å². The standard InChI is InChI=1S/C12H14ClN3O/c1-9(14-2)16-8-12(7-15-16)17-11-5-3-10(13)4-6-11/h3-9,14H,1-2H3. The average Bonchev–Trinajstić information content (AvgIpc) is 2.80. The molecule has 4 nitrogen and oxygen atoms in total. The van der Waals surface area contributed by atoms with E-state index < -0.39 is 0 Å². The molecule has 1 N–H and O–H groups in total. The molecule has 0 fully saturated rings. The predicted molar refractivity (Wildman–Crippen MR) is 67.5 cm³/mol. The molecule has 0 saturated heterocycles. The third-order valence-corrected chi connectivity index (χ3v) is 2.69. The number of halogens is 1. The van der Waals surface area contributed by atoms with Gasteiger partial charge in [-0.1, -0.05) is 11.6 Å². The minimum Gasteiger partial charge on any atom is -0.454 e. The molecule has 0 aliphatic rings. The molecule has 1 aromatic heterocycles. The summed E-state index contributed by atoms with van der Waals surface area (Å²) >= 11 is 5.80. The fraction of sp³-hybridized carbons (Fsp3) is 0.250. The Morgan fingerprint density at radius 1 is 1.29 bits per heavy atom. The van der Waals surface area contributed by atoms with Crippen LogP contribution in [0.4, 0.5) is 0 Å². The van der Waals surface area contributed by atoms with Gasteiger partial charge in [0.15, 0.2) is 5.75 Å². The van der Waals surface area contributed by atoms with Crippen LogP contribution in [0.5, 0.6) is 11.5 Å². The molecule has 2 rings (SSSR count). The molecule has 0 radical (unpaired) electrons. The molecular formula is C12H14ClN3O. The highest BCUT2D eigenvalue weighted by Crippen LogP contribution is 2.22. The zero-order valence-electron chi connectivity index (χ0n) is 9.72. The lowest BCUT2D eigenvalue weighted by molar-refractivity contribution is 0.428.